The Balaban J connectivity index is 1.46. The Hall–Kier alpha value is -2.99. The summed E-state index contributed by atoms with van der Waals surface area (Å²) in [5.74, 6) is -0.382. The summed E-state index contributed by atoms with van der Waals surface area (Å²) in [4.78, 5) is 32.0. The van der Waals surface area contributed by atoms with E-state index in [0.717, 1.165) is 37.0 Å². The van der Waals surface area contributed by atoms with Crippen molar-refractivity contribution in [1.29, 1.82) is 0 Å². The first kappa shape index (κ1) is 18.4. The van der Waals surface area contributed by atoms with E-state index in [4.69, 9.17) is 0 Å². The first-order valence-electron chi connectivity index (χ1n) is 9.48. The number of aromatic nitrogens is 1. The molecule has 1 aliphatic heterocycles. The number of hydrogen-bond donors (Lipinski definition) is 1. The lowest BCUT2D eigenvalue weighted by Crippen LogP contribution is -2.36. The number of rotatable bonds is 3. The first-order chi connectivity index (χ1) is 13.6. The average Bonchev–Trinajstić information content (AvgIpc) is 2.95. The maximum absolute atomic E-state index is 13.1. The molecule has 1 N–H and O–H groups in total. The molecule has 5 nitrogen and oxygen atoms in total. The summed E-state index contributed by atoms with van der Waals surface area (Å²) in [6.07, 6.45) is 0.852. The summed E-state index contributed by atoms with van der Waals surface area (Å²) >= 11 is 0. The molecule has 0 bridgehead atoms. The number of pyridine rings is 1. The molecule has 0 radical (unpaired) electrons. The Morgan fingerprint density at radius 2 is 1.79 bits per heavy atom. The summed E-state index contributed by atoms with van der Waals surface area (Å²) in [5.41, 5.74) is 1.14. The molecule has 4 rings (SSSR count). The van der Waals surface area contributed by atoms with E-state index in [9.17, 15) is 14.0 Å². The van der Waals surface area contributed by atoms with E-state index in [1.165, 1.54) is 12.1 Å². The van der Waals surface area contributed by atoms with Crippen LogP contribution in [0.2, 0.25) is 0 Å². The smallest absolute Gasteiger partial charge is 0.270 e. The number of H-pyrrole nitrogens is 1. The van der Waals surface area contributed by atoms with Crippen LogP contribution in [-0.4, -0.2) is 46.9 Å². The normalized spacial score (nSPS) is 15.5. The summed E-state index contributed by atoms with van der Waals surface area (Å²) in [6.45, 7) is 3.58. The first-order valence-corrected chi connectivity index (χ1v) is 9.48. The zero-order chi connectivity index (χ0) is 19.5. The Bertz CT molecular complexity index is 1050. The predicted molar refractivity (Wildman–Crippen MR) is 107 cm³/mol. The van der Waals surface area contributed by atoms with E-state index >= 15 is 0 Å². The van der Waals surface area contributed by atoms with Gasteiger partial charge in [-0.15, -0.1) is 0 Å². The van der Waals surface area contributed by atoms with E-state index in [0.29, 0.717) is 24.2 Å². The lowest BCUT2D eigenvalue weighted by molar-refractivity contribution is 0.0755. The minimum atomic E-state index is -0.241. The van der Waals surface area contributed by atoms with Gasteiger partial charge < -0.3 is 9.88 Å². The summed E-state index contributed by atoms with van der Waals surface area (Å²) in [6, 6.07) is 15.5. The molecule has 1 fully saturated rings. The van der Waals surface area contributed by atoms with Gasteiger partial charge in [-0.3, -0.25) is 14.5 Å². The fourth-order valence-corrected chi connectivity index (χ4v) is 3.68. The number of carbonyl (C=O) groups excluding carboxylic acids is 1. The van der Waals surface area contributed by atoms with Gasteiger partial charge in [-0.2, -0.15) is 0 Å². The van der Waals surface area contributed by atoms with Crippen molar-refractivity contribution in [3.63, 3.8) is 0 Å². The van der Waals surface area contributed by atoms with Crippen LogP contribution in [0, 0.1) is 5.82 Å². The highest BCUT2D eigenvalue weighted by Gasteiger charge is 2.21. The number of amides is 1. The van der Waals surface area contributed by atoms with Crippen molar-refractivity contribution in [2.24, 2.45) is 0 Å². The molecular weight excluding hydrogens is 357 g/mol. The number of nitrogens with zero attached hydrogens (tertiary/aromatic N) is 2. The molecule has 144 valence electrons. The molecule has 6 heteroatoms. The largest absolute Gasteiger partial charge is 0.336 e. The third-order valence-electron chi connectivity index (χ3n) is 5.18. The van der Waals surface area contributed by atoms with Crippen LogP contribution in [0.1, 0.15) is 22.5 Å². The molecule has 28 heavy (non-hydrogen) atoms. The maximum atomic E-state index is 13.1. The summed E-state index contributed by atoms with van der Waals surface area (Å²) in [7, 11) is 0. The van der Waals surface area contributed by atoms with Crippen molar-refractivity contribution in [2.75, 3.05) is 26.2 Å². The highest BCUT2D eigenvalue weighted by molar-refractivity contribution is 5.96. The lowest BCUT2D eigenvalue weighted by Gasteiger charge is -2.22. The number of carbonyl (C=O) groups is 1. The van der Waals surface area contributed by atoms with Gasteiger partial charge in [0.1, 0.15) is 11.5 Å². The zero-order valence-electron chi connectivity index (χ0n) is 15.5. The van der Waals surface area contributed by atoms with Crippen molar-refractivity contribution >= 4 is 16.7 Å². The topological polar surface area (TPSA) is 56.4 Å². The molecule has 2 aromatic carbocycles. The Morgan fingerprint density at radius 1 is 1.00 bits per heavy atom. The number of nitrogens with one attached hydrogen (secondary N) is 1. The second-order valence-corrected chi connectivity index (χ2v) is 7.15. The fourth-order valence-electron chi connectivity index (χ4n) is 3.68. The van der Waals surface area contributed by atoms with Gasteiger partial charge in [0.15, 0.2) is 0 Å². The predicted octanol–water partition coefficient (Wildman–Crippen LogP) is 3.02. The van der Waals surface area contributed by atoms with Gasteiger partial charge in [0, 0.05) is 38.1 Å². The van der Waals surface area contributed by atoms with Gasteiger partial charge in [0.25, 0.3) is 11.5 Å². The van der Waals surface area contributed by atoms with Crippen LogP contribution in [0.5, 0.6) is 0 Å². The molecule has 2 heterocycles. The minimum Gasteiger partial charge on any atom is -0.336 e. The molecule has 0 atom stereocenters. The van der Waals surface area contributed by atoms with Gasteiger partial charge in [0.05, 0.1) is 0 Å². The second kappa shape index (κ2) is 7.94. The SMILES string of the molecule is O=C(c1cc2ccccc2c(=O)[nH]1)N1CCCN(Cc2ccc(F)cc2)CC1. The molecular formula is C22H22FN3O2. The van der Waals surface area contributed by atoms with Crippen molar-refractivity contribution < 1.29 is 9.18 Å². The Kier molecular flexibility index (Phi) is 5.21. The van der Waals surface area contributed by atoms with Crippen LogP contribution in [0.25, 0.3) is 10.8 Å². The zero-order valence-corrected chi connectivity index (χ0v) is 15.5. The van der Waals surface area contributed by atoms with Crippen LogP contribution in [0.15, 0.2) is 59.4 Å². The van der Waals surface area contributed by atoms with Crippen LogP contribution in [0.4, 0.5) is 4.39 Å². The number of hydrogen-bond acceptors (Lipinski definition) is 3. The van der Waals surface area contributed by atoms with Crippen LogP contribution in [-0.2, 0) is 6.54 Å². The van der Waals surface area contributed by atoms with E-state index in [1.54, 1.807) is 29.2 Å². The molecule has 0 unspecified atom stereocenters. The van der Waals surface area contributed by atoms with Crippen molar-refractivity contribution in [2.45, 2.75) is 13.0 Å². The van der Waals surface area contributed by atoms with E-state index in [1.807, 2.05) is 18.2 Å². The van der Waals surface area contributed by atoms with Crippen molar-refractivity contribution in [3.8, 4) is 0 Å². The van der Waals surface area contributed by atoms with Gasteiger partial charge in [-0.1, -0.05) is 30.3 Å². The van der Waals surface area contributed by atoms with E-state index in [-0.39, 0.29) is 17.3 Å². The second-order valence-electron chi connectivity index (χ2n) is 7.15. The summed E-state index contributed by atoms with van der Waals surface area (Å²) in [5, 5.41) is 1.35. The highest BCUT2D eigenvalue weighted by Crippen LogP contribution is 2.14. The molecule has 1 amide bonds. The van der Waals surface area contributed by atoms with Gasteiger partial charge in [-0.25, -0.2) is 4.39 Å². The average molecular weight is 379 g/mol. The standard InChI is InChI=1S/C22H22FN3O2/c23-18-8-6-16(7-9-18)15-25-10-3-11-26(13-12-25)22(28)20-14-17-4-1-2-5-19(17)21(27)24-20/h1-2,4-9,14H,3,10-13,15H2,(H,24,27). The number of halogens is 1. The van der Waals surface area contributed by atoms with Gasteiger partial charge >= 0.3 is 0 Å². The minimum absolute atomic E-state index is 0.147. The number of fused-ring (bicyclic) bond motifs is 1. The monoisotopic (exact) mass is 379 g/mol. The van der Waals surface area contributed by atoms with Crippen LogP contribution < -0.4 is 5.56 Å². The van der Waals surface area contributed by atoms with E-state index in [2.05, 4.69) is 9.88 Å². The highest BCUT2D eigenvalue weighted by atomic mass is 19.1. The van der Waals surface area contributed by atoms with Gasteiger partial charge in [0.2, 0.25) is 0 Å². The molecule has 1 aliphatic rings. The van der Waals surface area contributed by atoms with Crippen LogP contribution >= 0.6 is 0 Å². The summed E-state index contributed by atoms with van der Waals surface area (Å²) < 4.78 is 13.1. The van der Waals surface area contributed by atoms with Crippen molar-refractivity contribution in [3.05, 3.63) is 82.0 Å². The van der Waals surface area contributed by atoms with Crippen molar-refractivity contribution in [1.82, 2.24) is 14.8 Å². The van der Waals surface area contributed by atoms with Crippen LogP contribution in [0.3, 0.4) is 0 Å². The molecule has 0 spiro atoms. The van der Waals surface area contributed by atoms with Gasteiger partial charge in [-0.05, 0) is 41.6 Å². The molecule has 3 aromatic rings. The maximum Gasteiger partial charge on any atom is 0.270 e. The fraction of sp³-hybridized carbons (Fsp3) is 0.273. The number of benzene rings is 2. The molecule has 1 aromatic heterocycles. The third-order valence-corrected chi connectivity index (χ3v) is 5.18. The molecule has 1 saturated heterocycles. The third kappa shape index (κ3) is 3.97. The quantitative estimate of drug-likeness (QED) is 0.761. The lowest BCUT2D eigenvalue weighted by atomic mass is 10.1. The van der Waals surface area contributed by atoms with E-state index < -0.39 is 0 Å². The Morgan fingerprint density at radius 3 is 2.61 bits per heavy atom. The Labute approximate surface area is 162 Å². The number of aromatic amines is 1. The molecule has 0 saturated carbocycles. The molecule has 0 aliphatic carbocycles.